The lowest BCUT2D eigenvalue weighted by Gasteiger charge is -2.25. The van der Waals surface area contributed by atoms with Crippen molar-refractivity contribution >= 4 is 0 Å². The van der Waals surface area contributed by atoms with Crippen LogP contribution in [0.1, 0.15) is 56.7 Å². The summed E-state index contributed by atoms with van der Waals surface area (Å²) in [4.78, 5) is 18.9. The highest BCUT2D eigenvalue weighted by molar-refractivity contribution is 5.20. The molecule has 1 aromatic heterocycles. The Morgan fingerprint density at radius 3 is 2.63 bits per heavy atom. The highest BCUT2D eigenvalue weighted by atomic mass is 16.3. The SMILES string of the molecule is CCCC(C)(O)CNC(C)c1c(C)nc(C)[nH]c1=O. The normalized spacial score (nSPS) is 16.1. The molecule has 0 spiro atoms. The topological polar surface area (TPSA) is 78.0 Å². The first-order valence-electron chi connectivity index (χ1n) is 6.80. The molecule has 2 atom stereocenters. The molecule has 108 valence electrons. The van der Waals surface area contributed by atoms with E-state index in [-0.39, 0.29) is 11.6 Å². The van der Waals surface area contributed by atoms with E-state index in [0.717, 1.165) is 18.5 Å². The molecule has 0 aliphatic heterocycles. The van der Waals surface area contributed by atoms with Crippen molar-refractivity contribution in [2.24, 2.45) is 0 Å². The second-order valence-electron chi connectivity index (χ2n) is 5.50. The largest absolute Gasteiger partial charge is 0.389 e. The molecular formula is C14H25N3O2. The minimum absolute atomic E-state index is 0.111. The van der Waals surface area contributed by atoms with Crippen LogP contribution in [-0.2, 0) is 0 Å². The zero-order chi connectivity index (χ0) is 14.6. The Morgan fingerprint density at radius 1 is 1.47 bits per heavy atom. The fraction of sp³-hybridized carbons (Fsp3) is 0.714. The van der Waals surface area contributed by atoms with Crippen molar-refractivity contribution in [3.05, 3.63) is 27.4 Å². The predicted molar refractivity (Wildman–Crippen MR) is 76.3 cm³/mol. The van der Waals surface area contributed by atoms with Gasteiger partial charge >= 0.3 is 0 Å². The minimum atomic E-state index is -0.748. The molecule has 0 aliphatic rings. The third kappa shape index (κ3) is 4.44. The molecule has 0 aromatic carbocycles. The van der Waals surface area contributed by atoms with Gasteiger partial charge in [-0.15, -0.1) is 0 Å². The van der Waals surface area contributed by atoms with Gasteiger partial charge in [-0.2, -0.15) is 0 Å². The Kier molecular flexibility index (Phi) is 5.26. The van der Waals surface area contributed by atoms with Gasteiger partial charge < -0.3 is 15.4 Å². The fourth-order valence-electron chi connectivity index (χ4n) is 2.35. The molecule has 0 aliphatic carbocycles. The molecule has 2 unspecified atom stereocenters. The first kappa shape index (κ1) is 15.9. The third-order valence-corrected chi connectivity index (χ3v) is 3.27. The lowest BCUT2D eigenvalue weighted by atomic mass is 9.99. The summed E-state index contributed by atoms with van der Waals surface area (Å²) in [6.07, 6.45) is 1.66. The summed E-state index contributed by atoms with van der Waals surface area (Å²) in [6.45, 7) is 9.81. The van der Waals surface area contributed by atoms with Crippen molar-refractivity contribution in [2.75, 3.05) is 6.54 Å². The highest BCUT2D eigenvalue weighted by Crippen LogP contribution is 2.15. The van der Waals surface area contributed by atoms with Gasteiger partial charge in [-0.05, 0) is 34.1 Å². The molecule has 19 heavy (non-hydrogen) atoms. The van der Waals surface area contributed by atoms with E-state index in [1.54, 1.807) is 13.8 Å². The Balaban J connectivity index is 2.80. The summed E-state index contributed by atoms with van der Waals surface area (Å²) in [5.41, 5.74) is 0.511. The molecule has 0 saturated heterocycles. The summed E-state index contributed by atoms with van der Waals surface area (Å²) < 4.78 is 0. The van der Waals surface area contributed by atoms with Crippen LogP contribution in [0.2, 0.25) is 0 Å². The molecule has 5 heteroatoms. The van der Waals surface area contributed by atoms with Gasteiger partial charge in [0.25, 0.3) is 5.56 Å². The van der Waals surface area contributed by atoms with Crippen molar-refractivity contribution in [3.63, 3.8) is 0 Å². The Morgan fingerprint density at radius 2 is 2.11 bits per heavy atom. The van der Waals surface area contributed by atoms with E-state index in [9.17, 15) is 9.90 Å². The van der Waals surface area contributed by atoms with Crippen LogP contribution in [0.5, 0.6) is 0 Å². The quantitative estimate of drug-likeness (QED) is 0.731. The van der Waals surface area contributed by atoms with E-state index in [1.807, 2.05) is 20.8 Å². The predicted octanol–water partition coefficient (Wildman–Crippen LogP) is 1.59. The van der Waals surface area contributed by atoms with Gasteiger partial charge in [-0.25, -0.2) is 4.98 Å². The second kappa shape index (κ2) is 6.30. The van der Waals surface area contributed by atoms with Crippen molar-refractivity contribution in [1.29, 1.82) is 0 Å². The third-order valence-electron chi connectivity index (χ3n) is 3.27. The van der Waals surface area contributed by atoms with E-state index >= 15 is 0 Å². The molecule has 0 radical (unpaired) electrons. The number of nitrogens with one attached hydrogen (secondary N) is 2. The second-order valence-corrected chi connectivity index (χ2v) is 5.50. The van der Waals surface area contributed by atoms with Crippen molar-refractivity contribution in [1.82, 2.24) is 15.3 Å². The van der Waals surface area contributed by atoms with Gasteiger partial charge in [0, 0.05) is 18.3 Å². The van der Waals surface area contributed by atoms with Gasteiger partial charge in [0.1, 0.15) is 5.82 Å². The van der Waals surface area contributed by atoms with E-state index in [0.29, 0.717) is 17.9 Å². The first-order valence-corrected chi connectivity index (χ1v) is 6.80. The number of aryl methyl sites for hydroxylation is 2. The number of hydrogen-bond acceptors (Lipinski definition) is 4. The zero-order valence-electron chi connectivity index (χ0n) is 12.5. The fourth-order valence-corrected chi connectivity index (χ4v) is 2.35. The summed E-state index contributed by atoms with van der Waals surface area (Å²) in [5.74, 6) is 0.622. The molecule has 0 amide bonds. The van der Waals surface area contributed by atoms with Gasteiger partial charge in [0.05, 0.1) is 11.2 Å². The maximum atomic E-state index is 12.0. The van der Waals surface area contributed by atoms with E-state index in [4.69, 9.17) is 0 Å². The maximum Gasteiger partial charge on any atom is 0.255 e. The van der Waals surface area contributed by atoms with E-state index < -0.39 is 5.60 Å². The first-order chi connectivity index (χ1) is 8.76. The Labute approximate surface area is 114 Å². The molecule has 1 aromatic rings. The smallest absolute Gasteiger partial charge is 0.255 e. The number of rotatable bonds is 6. The van der Waals surface area contributed by atoms with Gasteiger partial charge in [0.2, 0.25) is 0 Å². The molecule has 0 saturated carbocycles. The molecule has 0 fully saturated rings. The number of hydrogen-bond donors (Lipinski definition) is 3. The standard InChI is InChI=1S/C14H25N3O2/c1-6-7-14(5,19)8-15-9(2)12-10(3)16-11(4)17-13(12)18/h9,15,19H,6-8H2,1-5H3,(H,16,17,18). The van der Waals surface area contributed by atoms with Crippen LogP contribution in [-0.4, -0.2) is 27.2 Å². The van der Waals surface area contributed by atoms with Crippen LogP contribution < -0.4 is 10.9 Å². The minimum Gasteiger partial charge on any atom is -0.389 e. The summed E-state index contributed by atoms with van der Waals surface area (Å²) in [5, 5.41) is 13.3. The van der Waals surface area contributed by atoms with Crippen molar-refractivity contribution in [3.8, 4) is 0 Å². The number of nitrogens with zero attached hydrogens (tertiary/aromatic N) is 1. The Bertz CT molecular complexity index is 480. The molecule has 1 heterocycles. The Hall–Kier alpha value is -1.20. The van der Waals surface area contributed by atoms with Crippen LogP contribution in [0.3, 0.4) is 0 Å². The molecule has 1 rings (SSSR count). The van der Waals surface area contributed by atoms with Crippen molar-refractivity contribution in [2.45, 2.75) is 59.1 Å². The van der Waals surface area contributed by atoms with Crippen LogP contribution in [0.25, 0.3) is 0 Å². The number of aromatic amines is 1. The lowest BCUT2D eigenvalue weighted by molar-refractivity contribution is 0.0476. The highest BCUT2D eigenvalue weighted by Gasteiger charge is 2.21. The van der Waals surface area contributed by atoms with Gasteiger partial charge in [0.15, 0.2) is 0 Å². The van der Waals surface area contributed by atoms with Gasteiger partial charge in [-0.3, -0.25) is 4.79 Å². The van der Waals surface area contributed by atoms with Crippen molar-refractivity contribution < 1.29 is 5.11 Å². The van der Waals surface area contributed by atoms with Crippen LogP contribution in [0.4, 0.5) is 0 Å². The molecule has 0 bridgehead atoms. The lowest BCUT2D eigenvalue weighted by Crippen LogP contribution is -2.40. The molecule has 3 N–H and O–H groups in total. The molecule has 5 nitrogen and oxygen atoms in total. The number of aromatic nitrogens is 2. The van der Waals surface area contributed by atoms with E-state index in [2.05, 4.69) is 15.3 Å². The summed E-state index contributed by atoms with van der Waals surface area (Å²) >= 11 is 0. The maximum absolute atomic E-state index is 12.0. The monoisotopic (exact) mass is 267 g/mol. The van der Waals surface area contributed by atoms with Crippen LogP contribution in [0, 0.1) is 13.8 Å². The average Bonchev–Trinajstić information content (AvgIpc) is 2.25. The summed E-state index contributed by atoms with van der Waals surface area (Å²) in [6, 6.07) is -0.139. The van der Waals surface area contributed by atoms with Crippen LogP contribution in [0.15, 0.2) is 4.79 Å². The van der Waals surface area contributed by atoms with Gasteiger partial charge in [-0.1, -0.05) is 13.3 Å². The zero-order valence-corrected chi connectivity index (χ0v) is 12.5. The average molecular weight is 267 g/mol. The molecular weight excluding hydrogens is 242 g/mol. The number of H-pyrrole nitrogens is 1. The van der Waals surface area contributed by atoms with Crippen LogP contribution >= 0.6 is 0 Å². The van der Waals surface area contributed by atoms with E-state index in [1.165, 1.54) is 0 Å². The summed E-state index contributed by atoms with van der Waals surface area (Å²) in [7, 11) is 0. The number of aliphatic hydroxyl groups is 1.